The monoisotopic (exact) mass is 343 g/mol. The normalized spacial score (nSPS) is 15.2. The number of nitrogens with two attached hydrogens (primary N) is 1. The molecule has 1 aliphatic rings. The van der Waals surface area contributed by atoms with Crippen molar-refractivity contribution in [3.63, 3.8) is 0 Å². The van der Waals surface area contributed by atoms with E-state index in [0.29, 0.717) is 23.5 Å². The van der Waals surface area contributed by atoms with Crippen LogP contribution in [0.15, 0.2) is 24.5 Å². The lowest BCUT2D eigenvalue weighted by atomic mass is 10.1. The summed E-state index contributed by atoms with van der Waals surface area (Å²) in [5.74, 6) is 1.24. The zero-order valence-electron chi connectivity index (χ0n) is 14.7. The third-order valence-corrected chi connectivity index (χ3v) is 4.55. The van der Waals surface area contributed by atoms with E-state index in [-0.39, 0.29) is 5.82 Å². The van der Waals surface area contributed by atoms with E-state index >= 15 is 0 Å². The van der Waals surface area contributed by atoms with E-state index in [0.717, 1.165) is 37.6 Å². The molecule has 6 nitrogen and oxygen atoms in total. The fraction of sp³-hybridized carbons (Fsp3) is 0.389. The molecule has 132 valence electrons. The third kappa shape index (κ3) is 3.76. The minimum absolute atomic E-state index is 0.193. The molecular formula is C18H24FN6+. The first-order valence-corrected chi connectivity index (χ1v) is 8.41. The maximum absolute atomic E-state index is 14.2. The highest BCUT2D eigenvalue weighted by Gasteiger charge is 2.21. The Labute approximate surface area is 147 Å². The largest absolute Gasteiger partial charge is 0.365 e. The van der Waals surface area contributed by atoms with Crippen molar-refractivity contribution in [1.82, 2.24) is 14.9 Å². The highest BCUT2D eigenvalue weighted by atomic mass is 19.1. The predicted octanol–water partition coefficient (Wildman–Crippen LogP) is 0.466. The quantitative estimate of drug-likeness (QED) is 0.772. The second-order valence-corrected chi connectivity index (χ2v) is 6.32. The third-order valence-electron chi connectivity index (χ3n) is 4.55. The molecule has 0 atom stereocenters. The van der Waals surface area contributed by atoms with Gasteiger partial charge in [-0.05, 0) is 19.5 Å². The first-order valence-electron chi connectivity index (χ1n) is 8.41. The standard InChI is InChI=1S/C18H23FN6/c1-13-4-3-5-14(16(13)19)11-21-17-15(10-20)18(23-12-22-17)25-8-6-24(2)7-9-25/h3-5,10,12,20H,6-9,11H2,1-2H3,(H,21,22,23)/p+1. The number of halogens is 1. The van der Waals surface area contributed by atoms with Gasteiger partial charge in [-0.3, -0.25) is 5.41 Å². The van der Waals surface area contributed by atoms with Crippen molar-refractivity contribution in [1.29, 1.82) is 0 Å². The van der Waals surface area contributed by atoms with Gasteiger partial charge < -0.3 is 15.1 Å². The molecule has 1 fully saturated rings. The Morgan fingerprint density at radius 3 is 2.72 bits per heavy atom. The number of aryl methyl sites for hydroxylation is 1. The molecule has 0 bridgehead atoms. The summed E-state index contributed by atoms with van der Waals surface area (Å²) in [6, 6.07) is 5.37. The van der Waals surface area contributed by atoms with E-state index < -0.39 is 0 Å². The number of likely N-dealkylation sites (N-methyl/N-ethyl adjacent to an activating group) is 1. The average molecular weight is 343 g/mol. The van der Waals surface area contributed by atoms with Gasteiger partial charge in [0, 0.05) is 38.3 Å². The summed E-state index contributed by atoms with van der Waals surface area (Å²) in [4.78, 5) is 13.2. The molecule has 1 aromatic carbocycles. The van der Waals surface area contributed by atoms with Crippen molar-refractivity contribution in [3.8, 4) is 0 Å². The number of aromatic nitrogens is 2. The van der Waals surface area contributed by atoms with Gasteiger partial charge in [0.25, 0.3) is 0 Å². The number of rotatable bonds is 5. The van der Waals surface area contributed by atoms with Crippen molar-refractivity contribution in [2.75, 3.05) is 43.4 Å². The Hall–Kier alpha value is -2.54. The highest BCUT2D eigenvalue weighted by molar-refractivity contribution is 5.89. The van der Waals surface area contributed by atoms with Crippen LogP contribution in [0.2, 0.25) is 0 Å². The molecule has 0 saturated carbocycles. The summed E-state index contributed by atoms with van der Waals surface area (Å²) in [7, 11) is 2.11. The number of hydrogen-bond donors (Lipinski definition) is 2. The molecule has 0 amide bonds. The Morgan fingerprint density at radius 2 is 2.00 bits per heavy atom. The van der Waals surface area contributed by atoms with Crippen LogP contribution < -0.4 is 15.6 Å². The van der Waals surface area contributed by atoms with Gasteiger partial charge in [0.05, 0.1) is 0 Å². The molecule has 0 spiro atoms. The number of anilines is 2. The van der Waals surface area contributed by atoms with E-state index in [1.165, 1.54) is 12.5 Å². The molecule has 1 saturated heterocycles. The Morgan fingerprint density at radius 1 is 1.24 bits per heavy atom. The second-order valence-electron chi connectivity index (χ2n) is 6.32. The molecule has 0 aliphatic carbocycles. The van der Waals surface area contributed by atoms with Crippen LogP contribution >= 0.6 is 0 Å². The van der Waals surface area contributed by atoms with E-state index in [4.69, 9.17) is 5.41 Å². The zero-order chi connectivity index (χ0) is 17.8. The number of benzene rings is 1. The summed E-state index contributed by atoms with van der Waals surface area (Å²) in [5.41, 5.74) is 1.98. The van der Waals surface area contributed by atoms with Gasteiger partial charge in [-0.25, -0.2) is 14.4 Å². The van der Waals surface area contributed by atoms with Crippen LogP contribution in [-0.4, -0.2) is 54.3 Å². The first kappa shape index (κ1) is 17.3. The van der Waals surface area contributed by atoms with Crippen LogP contribution in [0.25, 0.3) is 0 Å². The molecule has 1 aliphatic heterocycles. The van der Waals surface area contributed by atoms with E-state index in [9.17, 15) is 4.39 Å². The van der Waals surface area contributed by atoms with Crippen LogP contribution in [-0.2, 0) is 6.54 Å². The van der Waals surface area contributed by atoms with Crippen molar-refractivity contribution >= 4 is 17.9 Å². The average Bonchev–Trinajstić information content (AvgIpc) is 2.63. The van der Waals surface area contributed by atoms with E-state index in [1.807, 2.05) is 6.07 Å². The lowest BCUT2D eigenvalue weighted by Gasteiger charge is -2.33. The Kier molecular flexibility index (Phi) is 5.23. The van der Waals surface area contributed by atoms with Crippen LogP contribution in [0.1, 0.15) is 16.7 Å². The lowest BCUT2D eigenvalue weighted by Crippen LogP contribution is -2.45. The predicted molar refractivity (Wildman–Crippen MR) is 97.3 cm³/mol. The summed E-state index contributed by atoms with van der Waals surface area (Å²) in [6.45, 7) is 5.83. The molecule has 3 N–H and O–H groups in total. The van der Waals surface area contributed by atoms with E-state index in [2.05, 4.69) is 32.1 Å². The van der Waals surface area contributed by atoms with Crippen molar-refractivity contribution < 1.29 is 9.80 Å². The first-order chi connectivity index (χ1) is 12.1. The van der Waals surface area contributed by atoms with Gasteiger partial charge in [-0.1, -0.05) is 18.2 Å². The maximum atomic E-state index is 14.2. The fourth-order valence-electron chi connectivity index (χ4n) is 2.97. The molecule has 0 unspecified atom stereocenters. The van der Waals surface area contributed by atoms with Crippen molar-refractivity contribution in [2.24, 2.45) is 0 Å². The van der Waals surface area contributed by atoms with Crippen LogP contribution in [0.3, 0.4) is 0 Å². The SMILES string of the molecule is Cc1cccc(CNc2ncnc(N3CCN(C)CC3)c2C=[NH2+])c1F. The Balaban J connectivity index is 1.81. The van der Waals surface area contributed by atoms with Crippen LogP contribution in [0, 0.1) is 12.7 Å². The highest BCUT2D eigenvalue weighted by Crippen LogP contribution is 2.23. The topological polar surface area (TPSA) is 69.9 Å². The van der Waals surface area contributed by atoms with Gasteiger partial charge in [0.2, 0.25) is 0 Å². The summed E-state index contributed by atoms with van der Waals surface area (Å²) in [6.07, 6.45) is 3.04. The molecule has 7 heteroatoms. The minimum atomic E-state index is -0.193. The van der Waals surface area contributed by atoms with Gasteiger partial charge in [-0.15, -0.1) is 0 Å². The van der Waals surface area contributed by atoms with Gasteiger partial charge in [0.1, 0.15) is 29.3 Å². The number of nitrogens with zero attached hydrogens (tertiary/aromatic N) is 4. The van der Waals surface area contributed by atoms with Crippen molar-refractivity contribution in [2.45, 2.75) is 13.5 Å². The molecule has 2 heterocycles. The van der Waals surface area contributed by atoms with Gasteiger partial charge in [-0.2, -0.15) is 0 Å². The van der Waals surface area contributed by atoms with Crippen molar-refractivity contribution in [3.05, 3.63) is 47.0 Å². The van der Waals surface area contributed by atoms with Crippen LogP contribution in [0.5, 0.6) is 0 Å². The molecule has 0 radical (unpaired) electrons. The molecule has 3 rings (SSSR count). The number of piperazine rings is 1. The molecule has 2 aromatic rings. The summed E-state index contributed by atoms with van der Waals surface area (Å²) < 4.78 is 14.2. The summed E-state index contributed by atoms with van der Waals surface area (Å²) >= 11 is 0. The summed E-state index contributed by atoms with van der Waals surface area (Å²) in [5, 5.41) is 9.05. The van der Waals surface area contributed by atoms with Gasteiger partial charge >= 0.3 is 0 Å². The number of hydrogen-bond acceptors (Lipinski definition) is 5. The van der Waals surface area contributed by atoms with Gasteiger partial charge in [0.15, 0.2) is 6.21 Å². The molecule has 1 aromatic heterocycles. The number of nitrogens with one attached hydrogen (secondary N) is 1. The fourth-order valence-corrected chi connectivity index (χ4v) is 2.97. The molecular weight excluding hydrogens is 319 g/mol. The maximum Gasteiger partial charge on any atom is 0.174 e. The Bertz CT molecular complexity index is 755. The smallest absolute Gasteiger partial charge is 0.174 e. The zero-order valence-corrected chi connectivity index (χ0v) is 14.7. The molecule has 25 heavy (non-hydrogen) atoms. The minimum Gasteiger partial charge on any atom is -0.365 e. The van der Waals surface area contributed by atoms with Crippen LogP contribution in [0.4, 0.5) is 16.0 Å². The van der Waals surface area contributed by atoms with E-state index in [1.54, 1.807) is 19.1 Å². The second kappa shape index (κ2) is 7.57. The lowest BCUT2D eigenvalue weighted by molar-refractivity contribution is -0.104.